The number of rotatable bonds is 6. The van der Waals surface area contributed by atoms with E-state index in [1.807, 2.05) is 6.92 Å². The van der Waals surface area contributed by atoms with Crippen molar-refractivity contribution in [3.63, 3.8) is 0 Å². The lowest BCUT2D eigenvalue weighted by molar-refractivity contribution is -0.152. The van der Waals surface area contributed by atoms with Crippen LogP contribution in [-0.2, 0) is 9.53 Å². The number of carbonyl (C=O) groups excluding carboxylic acids is 1. The van der Waals surface area contributed by atoms with Crippen molar-refractivity contribution in [3.05, 3.63) is 0 Å². The molecule has 0 bridgehead atoms. The maximum atomic E-state index is 12.1. The first-order valence-electron chi connectivity index (χ1n) is 8.20. The first kappa shape index (κ1) is 14.8. The molecular formula is C16H29NO2. The lowest BCUT2D eigenvalue weighted by atomic mass is 9.84. The van der Waals surface area contributed by atoms with Crippen molar-refractivity contribution in [3.8, 4) is 0 Å². The van der Waals surface area contributed by atoms with Crippen LogP contribution in [0.15, 0.2) is 0 Å². The predicted octanol–water partition coefficient (Wildman–Crippen LogP) is 3.37. The average molecular weight is 267 g/mol. The van der Waals surface area contributed by atoms with Gasteiger partial charge in [-0.15, -0.1) is 0 Å². The van der Waals surface area contributed by atoms with E-state index in [-0.39, 0.29) is 11.9 Å². The minimum absolute atomic E-state index is 0.0476. The second kappa shape index (κ2) is 7.28. The summed E-state index contributed by atoms with van der Waals surface area (Å²) < 4.78 is 5.26. The summed E-state index contributed by atoms with van der Waals surface area (Å²) in [5.74, 6) is 0.191. The smallest absolute Gasteiger partial charge is 0.310 e. The van der Waals surface area contributed by atoms with Crippen molar-refractivity contribution in [2.24, 2.45) is 5.92 Å². The number of unbranched alkanes of at least 4 members (excludes halogenated alkanes) is 2. The highest BCUT2D eigenvalue weighted by Gasteiger charge is 2.43. The summed E-state index contributed by atoms with van der Waals surface area (Å²) >= 11 is 0. The van der Waals surface area contributed by atoms with E-state index >= 15 is 0 Å². The van der Waals surface area contributed by atoms with Gasteiger partial charge in [0.1, 0.15) is 0 Å². The Morgan fingerprint density at radius 1 is 1.21 bits per heavy atom. The molecular weight excluding hydrogens is 238 g/mol. The van der Waals surface area contributed by atoms with Crippen molar-refractivity contribution >= 4 is 5.97 Å². The SMILES string of the molecule is CCCCC[C@H]1CC[C@H](C(=O)OCC)[C@H]2CCCN12. The molecule has 0 aliphatic carbocycles. The molecule has 0 N–H and O–H groups in total. The van der Waals surface area contributed by atoms with Crippen LogP contribution < -0.4 is 0 Å². The molecule has 0 aromatic carbocycles. The van der Waals surface area contributed by atoms with Gasteiger partial charge in [-0.1, -0.05) is 26.2 Å². The first-order valence-corrected chi connectivity index (χ1v) is 8.20. The van der Waals surface area contributed by atoms with Gasteiger partial charge in [0.25, 0.3) is 0 Å². The van der Waals surface area contributed by atoms with E-state index < -0.39 is 0 Å². The summed E-state index contributed by atoms with van der Waals surface area (Å²) in [7, 11) is 0. The van der Waals surface area contributed by atoms with Gasteiger partial charge in [0.15, 0.2) is 0 Å². The van der Waals surface area contributed by atoms with Crippen LogP contribution in [0.5, 0.6) is 0 Å². The molecule has 0 aromatic rings. The van der Waals surface area contributed by atoms with Crippen molar-refractivity contribution in [2.75, 3.05) is 13.2 Å². The molecule has 0 amide bonds. The molecule has 3 nitrogen and oxygen atoms in total. The lowest BCUT2D eigenvalue weighted by Gasteiger charge is -2.41. The Hall–Kier alpha value is -0.570. The highest BCUT2D eigenvalue weighted by molar-refractivity contribution is 5.73. The molecule has 0 saturated carbocycles. The van der Waals surface area contributed by atoms with Crippen molar-refractivity contribution in [1.82, 2.24) is 4.90 Å². The number of nitrogens with zero attached hydrogens (tertiary/aromatic N) is 1. The Labute approximate surface area is 117 Å². The molecule has 3 atom stereocenters. The fraction of sp³-hybridized carbons (Fsp3) is 0.938. The molecule has 2 aliphatic rings. The summed E-state index contributed by atoms with van der Waals surface area (Å²) in [6.07, 6.45) is 9.96. The first-order chi connectivity index (χ1) is 9.27. The Kier molecular flexibility index (Phi) is 5.68. The lowest BCUT2D eigenvalue weighted by Crippen LogP contribution is -2.49. The summed E-state index contributed by atoms with van der Waals surface area (Å²) in [6.45, 7) is 5.87. The fourth-order valence-corrected chi connectivity index (χ4v) is 3.89. The van der Waals surface area contributed by atoms with Gasteiger partial charge < -0.3 is 4.74 Å². The van der Waals surface area contributed by atoms with Crippen LogP contribution in [-0.4, -0.2) is 36.1 Å². The number of hydrogen-bond donors (Lipinski definition) is 0. The van der Waals surface area contributed by atoms with Gasteiger partial charge in [-0.2, -0.15) is 0 Å². The third kappa shape index (κ3) is 3.50. The van der Waals surface area contributed by atoms with Crippen molar-refractivity contribution < 1.29 is 9.53 Å². The molecule has 19 heavy (non-hydrogen) atoms. The quantitative estimate of drug-likeness (QED) is 0.546. The van der Waals surface area contributed by atoms with Gasteiger partial charge in [0.2, 0.25) is 0 Å². The Morgan fingerprint density at radius 3 is 2.79 bits per heavy atom. The highest BCUT2D eigenvalue weighted by Crippen LogP contribution is 2.37. The minimum atomic E-state index is 0.0476. The molecule has 0 unspecified atom stereocenters. The maximum Gasteiger partial charge on any atom is 0.310 e. The summed E-state index contributed by atoms with van der Waals surface area (Å²) in [6, 6.07) is 1.20. The monoisotopic (exact) mass is 267 g/mol. The normalized spacial score (nSPS) is 31.2. The molecule has 0 radical (unpaired) electrons. The van der Waals surface area contributed by atoms with E-state index in [2.05, 4.69) is 11.8 Å². The van der Waals surface area contributed by atoms with E-state index in [0.29, 0.717) is 12.6 Å². The summed E-state index contributed by atoms with van der Waals surface area (Å²) in [4.78, 5) is 14.7. The number of carbonyl (C=O) groups is 1. The number of piperidine rings is 1. The van der Waals surface area contributed by atoms with E-state index in [1.165, 1.54) is 51.5 Å². The Balaban J connectivity index is 1.91. The van der Waals surface area contributed by atoms with Gasteiger partial charge in [-0.3, -0.25) is 9.69 Å². The van der Waals surface area contributed by atoms with Crippen LogP contribution >= 0.6 is 0 Å². The Morgan fingerprint density at radius 2 is 2.05 bits per heavy atom. The zero-order chi connectivity index (χ0) is 13.7. The van der Waals surface area contributed by atoms with Crippen LogP contribution in [0.1, 0.15) is 65.2 Å². The molecule has 2 heterocycles. The zero-order valence-electron chi connectivity index (χ0n) is 12.6. The van der Waals surface area contributed by atoms with Crippen LogP contribution in [0.25, 0.3) is 0 Å². The molecule has 2 saturated heterocycles. The van der Waals surface area contributed by atoms with Crippen molar-refractivity contribution in [2.45, 2.75) is 77.3 Å². The van der Waals surface area contributed by atoms with Crippen LogP contribution in [0.3, 0.4) is 0 Å². The highest BCUT2D eigenvalue weighted by atomic mass is 16.5. The number of hydrogen-bond acceptors (Lipinski definition) is 3. The van der Waals surface area contributed by atoms with E-state index in [9.17, 15) is 4.79 Å². The summed E-state index contributed by atoms with van der Waals surface area (Å²) in [5, 5.41) is 0. The predicted molar refractivity (Wildman–Crippen MR) is 77.0 cm³/mol. The van der Waals surface area contributed by atoms with Gasteiger partial charge in [-0.25, -0.2) is 0 Å². The van der Waals surface area contributed by atoms with Crippen molar-refractivity contribution in [1.29, 1.82) is 0 Å². The molecule has 2 fully saturated rings. The summed E-state index contributed by atoms with van der Waals surface area (Å²) in [5.41, 5.74) is 0. The zero-order valence-corrected chi connectivity index (χ0v) is 12.6. The number of fused-ring (bicyclic) bond motifs is 1. The fourth-order valence-electron chi connectivity index (χ4n) is 3.89. The third-order valence-corrected chi connectivity index (χ3v) is 4.82. The minimum Gasteiger partial charge on any atom is -0.466 e. The topological polar surface area (TPSA) is 29.5 Å². The average Bonchev–Trinajstić information content (AvgIpc) is 2.88. The van der Waals surface area contributed by atoms with Gasteiger partial charge >= 0.3 is 5.97 Å². The van der Waals surface area contributed by atoms with Crippen LogP contribution in [0.2, 0.25) is 0 Å². The standard InChI is InChI=1S/C16H29NO2/c1-3-5-6-8-13-10-11-14(16(18)19-4-2)15-9-7-12-17(13)15/h13-15H,3-12H2,1-2H3/t13-,14-,15+/m0/s1. The van der Waals surface area contributed by atoms with Crippen LogP contribution in [0.4, 0.5) is 0 Å². The molecule has 3 heteroatoms. The maximum absolute atomic E-state index is 12.1. The van der Waals surface area contributed by atoms with Crippen LogP contribution in [0, 0.1) is 5.92 Å². The Bertz CT molecular complexity index is 292. The number of esters is 1. The van der Waals surface area contributed by atoms with Gasteiger partial charge in [-0.05, 0) is 45.6 Å². The van der Waals surface area contributed by atoms with E-state index in [0.717, 1.165) is 12.5 Å². The second-order valence-corrected chi connectivity index (χ2v) is 6.03. The van der Waals surface area contributed by atoms with E-state index in [1.54, 1.807) is 0 Å². The molecule has 0 aromatic heterocycles. The molecule has 2 rings (SSSR count). The number of ether oxygens (including phenoxy) is 1. The second-order valence-electron chi connectivity index (χ2n) is 6.03. The third-order valence-electron chi connectivity index (χ3n) is 4.82. The van der Waals surface area contributed by atoms with E-state index in [4.69, 9.17) is 4.74 Å². The van der Waals surface area contributed by atoms with Gasteiger partial charge in [0, 0.05) is 12.1 Å². The largest absolute Gasteiger partial charge is 0.466 e. The molecule has 2 aliphatic heterocycles. The molecule has 110 valence electrons. The molecule has 0 spiro atoms. The van der Waals surface area contributed by atoms with Gasteiger partial charge in [0.05, 0.1) is 12.5 Å².